The Morgan fingerprint density at radius 3 is 2.72 bits per heavy atom. The first kappa shape index (κ1) is 13.9. The lowest BCUT2D eigenvalue weighted by Gasteiger charge is -2.41. The first-order valence-corrected chi connectivity index (χ1v) is 7.55. The SMILES string of the molecule is CC1CC(C)C(C)N(Cc2c(N)cccc2Br)C1. The van der Waals surface area contributed by atoms with E-state index in [0.29, 0.717) is 6.04 Å². The van der Waals surface area contributed by atoms with Crippen LogP contribution in [0.1, 0.15) is 32.8 Å². The molecule has 1 fully saturated rings. The molecule has 0 spiro atoms. The fourth-order valence-corrected chi connectivity index (χ4v) is 3.49. The van der Waals surface area contributed by atoms with Gasteiger partial charge in [-0.1, -0.05) is 35.8 Å². The molecule has 18 heavy (non-hydrogen) atoms. The average Bonchev–Trinajstić information content (AvgIpc) is 2.30. The number of hydrogen-bond donors (Lipinski definition) is 1. The highest BCUT2D eigenvalue weighted by atomic mass is 79.9. The van der Waals surface area contributed by atoms with Crippen molar-refractivity contribution in [1.82, 2.24) is 4.90 Å². The van der Waals surface area contributed by atoms with Crippen LogP contribution in [-0.2, 0) is 6.54 Å². The number of nitrogen functional groups attached to an aromatic ring is 1. The van der Waals surface area contributed by atoms with E-state index in [2.05, 4.69) is 47.7 Å². The lowest BCUT2D eigenvalue weighted by molar-refractivity contribution is 0.0730. The highest BCUT2D eigenvalue weighted by Gasteiger charge is 2.29. The second-order valence-electron chi connectivity index (χ2n) is 5.80. The van der Waals surface area contributed by atoms with Crippen molar-refractivity contribution in [1.29, 1.82) is 0 Å². The standard InChI is InChI=1S/C15H23BrN2/c1-10-7-11(2)12(3)18(8-10)9-13-14(16)5-4-6-15(13)17/h4-6,10-12H,7-9,17H2,1-3H3. The van der Waals surface area contributed by atoms with Crippen LogP contribution >= 0.6 is 15.9 Å². The van der Waals surface area contributed by atoms with Crippen molar-refractivity contribution in [2.45, 2.75) is 39.8 Å². The molecule has 0 aromatic heterocycles. The van der Waals surface area contributed by atoms with Crippen molar-refractivity contribution < 1.29 is 0 Å². The van der Waals surface area contributed by atoms with Gasteiger partial charge < -0.3 is 5.73 Å². The van der Waals surface area contributed by atoms with Crippen molar-refractivity contribution in [3.63, 3.8) is 0 Å². The van der Waals surface area contributed by atoms with Gasteiger partial charge in [-0.05, 0) is 37.3 Å². The van der Waals surface area contributed by atoms with Crippen LogP contribution in [0, 0.1) is 11.8 Å². The van der Waals surface area contributed by atoms with E-state index in [0.717, 1.165) is 28.5 Å². The maximum Gasteiger partial charge on any atom is 0.0371 e. The van der Waals surface area contributed by atoms with Gasteiger partial charge in [-0.15, -0.1) is 0 Å². The Balaban J connectivity index is 2.17. The predicted octanol–water partition coefficient (Wildman–Crippen LogP) is 3.90. The molecule has 0 saturated carbocycles. The second-order valence-corrected chi connectivity index (χ2v) is 6.65. The van der Waals surface area contributed by atoms with Crippen molar-refractivity contribution in [2.24, 2.45) is 11.8 Å². The van der Waals surface area contributed by atoms with E-state index in [1.54, 1.807) is 0 Å². The molecule has 2 N–H and O–H groups in total. The average molecular weight is 311 g/mol. The molecule has 3 unspecified atom stereocenters. The van der Waals surface area contributed by atoms with E-state index in [9.17, 15) is 0 Å². The number of hydrogen-bond acceptors (Lipinski definition) is 2. The normalized spacial score (nSPS) is 29.4. The minimum Gasteiger partial charge on any atom is -0.398 e. The van der Waals surface area contributed by atoms with E-state index < -0.39 is 0 Å². The van der Waals surface area contributed by atoms with Gasteiger partial charge in [0, 0.05) is 34.9 Å². The number of piperidine rings is 1. The van der Waals surface area contributed by atoms with Crippen LogP contribution in [0.25, 0.3) is 0 Å². The molecule has 1 saturated heterocycles. The van der Waals surface area contributed by atoms with Crippen LogP contribution in [0.5, 0.6) is 0 Å². The summed E-state index contributed by atoms with van der Waals surface area (Å²) < 4.78 is 1.13. The highest BCUT2D eigenvalue weighted by Crippen LogP contribution is 2.31. The summed E-state index contributed by atoms with van der Waals surface area (Å²) >= 11 is 3.62. The lowest BCUT2D eigenvalue weighted by Crippen LogP contribution is -2.45. The molecule has 0 amide bonds. The first-order valence-electron chi connectivity index (χ1n) is 6.76. The van der Waals surface area contributed by atoms with Gasteiger partial charge in [-0.25, -0.2) is 0 Å². The smallest absolute Gasteiger partial charge is 0.0371 e. The summed E-state index contributed by atoms with van der Waals surface area (Å²) in [6.45, 7) is 9.16. The van der Waals surface area contributed by atoms with Crippen LogP contribution in [0.3, 0.4) is 0 Å². The van der Waals surface area contributed by atoms with Crippen LogP contribution in [0.2, 0.25) is 0 Å². The number of rotatable bonds is 2. The van der Waals surface area contributed by atoms with Gasteiger partial charge >= 0.3 is 0 Å². The fourth-order valence-electron chi connectivity index (χ4n) is 2.99. The molecule has 3 atom stereocenters. The number of halogens is 1. The lowest BCUT2D eigenvalue weighted by atomic mass is 9.85. The van der Waals surface area contributed by atoms with Crippen LogP contribution < -0.4 is 5.73 Å². The van der Waals surface area contributed by atoms with E-state index in [1.165, 1.54) is 18.5 Å². The Labute approximate surface area is 119 Å². The molecule has 3 heteroatoms. The molecule has 0 bridgehead atoms. The molecular weight excluding hydrogens is 288 g/mol. The molecule has 0 aliphatic carbocycles. The van der Waals surface area contributed by atoms with E-state index in [4.69, 9.17) is 5.73 Å². The predicted molar refractivity (Wildman–Crippen MR) is 81.4 cm³/mol. The summed E-state index contributed by atoms with van der Waals surface area (Å²) in [5, 5.41) is 0. The fraction of sp³-hybridized carbons (Fsp3) is 0.600. The number of anilines is 1. The summed E-state index contributed by atoms with van der Waals surface area (Å²) in [5.74, 6) is 1.54. The third kappa shape index (κ3) is 2.89. The zero-order valence-electron chi connectivity index (χ0n) is 11.5. The van der Waals surface area contributed by atoms with E-state index >= 15 is 0 Å². The van der Waals surface area contributed by atoms with E-state index in [1.807, 2.05) is 12.1 Å². The van der Waals surface area contributed by atoms with Crippen molar-refractivity contribution >= 4 is 21.6 Å². The van der Waals surface area contributed by atoms with Crippen LogP contribution in [0.15, 0.2) is 22.7 Å². The second kappa shape index (κ2) is 5.62. The Bertz CT molecular complexity index is 399. The third-order valence-corrected chi connectivity index (χ3v) is 4.98. The maximum atomic E-state index is 6.10. The van der Waals surface area contributed by atoms with Gasteiger partial charge in [0.15, 0.2) is 0 Å². The Morgan fingerprint density at radius 1 is 1.33 bits per heavy atom. The number of likely N-dealkylation sites (tertiary alicyclic amines) is 1. The largest absolute Gasteiger partial charge is 0.398 e. The van der Waals surface area contributed by atoms with Crippen molar-refractivity contribution in [3.05, 3.63) is 28.2 Å². The molecule has 0 radical (unpaired) electrons. The molecular formula is C15H23BrN2. The molecule has 100 valence electrons. The van der Waals surface area contributed by atoms with Crippen LogP contribution in [0.4, 0.5) is 5.69 Å². The Kier molecular flexibility index (Phi) is 4.33. The summed E-state index contributed by atoms with van der Waals surface area (Å²) in [6.07, 6.45) is 1.34. The van der Waals surface area contributed by atoms with Crippen molar-refractivity contribution in [2.75, 3.05) is 12.3 Å². The Hall–Kier alpha value is -0.540. The topological polar surface area (TPSA) is 29.3 Å². The Morgan fingerprint density at radius 2 is 2.06 bits per heavy atom. The number of benzene rings is 1. The minimum absolute atomic E-state index is 0.632. The van der Waals surface area contributed by atoms with Gasteiger partial charge in [-0.3, -0.25) is 4.90 Å². The quantitative estimate of drug-likeness (QED) is 0.839. The van der Waals surface area contributed by atoms with Crippen LogP contribution in [-0.4, -0.2) is 17.5 Å². The van der Waals surface area contributed by atoms with Gasteiger partial charge in [0.2, 0.25) is 0 Å². The van der Waals surface area contributed by atoms with Gasteiger partial charge in [0.05, 0.1) is 0 Å². The van der Waals surface area contributed by atoms with E-state index in [-0.39, 0.29) is 0 Å². The third-order valence-electron chi connectivity index (χ3n) is 4.24. The highest BCUT2D eigenvalue weighted by molar-refractivity contribution is 9.10. The summed E-state index contributed by atoms with van der Waals surface area (Å²) in [7, 11) is 0. The van der Waals surface area contributed by atoms with Gasteiger partial charge in [-0.2, -0.15) is 0 Å². The van der Waals surface area contributed by atoms with Gasteiger partial charge in [0.1, 0.15) is 0 Å². The minimum atomic E-state index is 0.632. The molecule has 1 aliphatic rings. The summed E-state index contributed by atoms with van der Waals surface area (Å²) in [6, 6.07) is 6.69. The first-order chi connectivity index (χ1) is 8.49. The zero-order chi connectivity index (χ0) is 13.3. The van der Waals surface area contributed by atoms with Gasteiger partial charge in [0.25, 0.3) is 0 Å². The molecule has 1 heterocycles. The molecule has 2 nitrogen and oxygen atoms in total. The monoisotopic (exact) mass is 310 g/mol. The molecule has 1 aliphatic heterocycles. The number of nitrogens with zero attached hydrogens (tertiary/aromatic N) is 1. The van der Waals surface area contributed by atoms with Crippen molar-refractivity contribution in [3.8, 4) is 0 Å². The molecule has 2 rings (SSSR count). The molecule has 1 aromatic rings. The summed E-state index contributed by atoms with van der Waals surface area (Å²) in [4.78, 5) is 2.56. The zero-order valence-corrected chi connectivity index (χ0v) is 13.1. The number of nitrogens with two attached hydrogens (primary N) is 1. The molecule has 1 aromatic carbocycles. The maximum absolute atomic E-state index is 6.10. The summed E-state index contributed by atoms with van der Waals surface area (Å²) in [5.41, 5.74) is 8.22.